The number of aromatic hydroxyl groups is 1. The van der Waals surface area contributed by atoms with E-state index < -0.39 is 68.1 Å². The number of hydrogen-bond donors (Lipinski definition) is 1. The van der Waals surface area contributed by atoms with Crippen LogP contribution in [-0.2, 0) is 19.2 Å². The fraction of sp³-hybridized carbons (Fsp3) is 0.583. The lowest BCUT2D eigenvalue weighted by molar-refractivity contribution is -0.386. The quantitative estimate of drug-likeness (QED) is 0.400. The van der Waals surface area contributed by atoms with Gasteiger partial charge >= 0.3 is 5.69 Å². The predicted octanol–water partition coefficient (Wildman–Crippen LogP) is 3.54. The highest BCUT2D eigenvalue weighted by atomic mass is 16.6. The number of hydrogen-bond acceptors (Lipinski definition) is 8. The van der Waals surface area contributed by atoms with Crippen LogP contribution in [0.4, 0.5) is 5.69 Å². The van der Waals surface area contributed by atoms with Crippen molar-refractivity contribution in [2.75, 3.05) is 7.11 Å². The van der Waals surface area contributed by atoms with Crippen LogP contribution in [0.2, 0.25) is 0 Å². The molecule has 2 aliphatic carbocycles. The molecule has 0 aliphatic heterocycles. The van der Waals surface area contributed by atoms with E-state index in [2.05, 4.69) is 0 Å². The topological polar surface area (TPSA) is 141 Å². The average molecular weight is 459 g/mol. The van der Waals surface area contributed by atoms with E-state index in [0.717, 1.165) is 6.07 Å². The molecule has 0 heterocycles. The van der Waals surface area contributed by atoms with Crippen molar-refractivity contribution in [2.45, 2.75) is 59.3 Å². The smallest absolute Gasteiger partial charge is 0.314 e. The number of rotatable bonds is 5. The van der Waals surface area contributed by atoms with E-state index in [1.807, 2.05) is 0 Å². The maximum Gasteiger partial charge on any atom is 0.314 e. The van der Waals surface area contributed by atoms with Crippen molar-refractivity contribution in [1.29, 1.82) is 0 Å². The highest BCUT2D eigenvalue weighted by Crippen LogP contribution is 2.49. The number of nitrogens with zero attached hydrogens (tertiary/aromatic N) is 1. The molecule has 9 nitrogen and oxygen atoms in total. The zero-order valence-corrected chi connectivity index (χ0v) is 19.5. The standard InChI is InChI=1S/C24H29NO8/c1-23(2)8-14(26)20(15(27)9-23)19(21-16(28)10-24(3,4)11-17(21)29)12-6-13(25(31)32)22(30)18(7-12)33-5/h6-7,19-21,30H,8-11H2,1-5H3. The van der Waals surface area contributed by atoms with Crippen LogP contribution in [-0.4, -0.2) is 40.3 Å². The molecular formula is C24H29NO8. The summed E-state index contributed by atoms with van der Waals surface area (Å²) in [6.07, 6.45) is 0.325. The lowest BCUT2D eigenvalue weighted by Gasteiger charge is -2.41. The number of benzene rings is 1. The second kappa shape index (κ2) is 8.35. The number of nitro groups is 1. The van der Waals surface area contributed by atoms with Gasteiger partial charge < -0.3 is 9.84 Å². The number of ether oxygens (including phenoxy) is 1. The zero-order chi connectivity index (χ0) is 24.9. The van der Waals surface area contributed by atoms with E-state index in [4.69, 9.17) is 4.74 Å². The highest BCUT2D eigenvalue weighted by molar-refractivity contribution is 6.11. The third-order valence-corrected chi connectivity index (χ3v) is 6.60. The molecule has 0 radical (unpaired) electrons. The Kier molecular flexibility index (Phi) is 6.21. The van der Waals surface area contributed by atoms with Crippen molar-refractivity contribution in [3.63, 3.8) is 0 Å². The number of methoxy groups -OCH3 is 1. The minimum atomic E-state index is -1.29. The van der Waals surface area contributed by atoms with E-state index in [1.165, 1.54) is 13.2 Å². The maximum absolute atomic E-state index is 13.2. The first-order valence-corrected chi connectivity index (χ1v) is 10.8. The molecule has 2 fully saturated rings. The summed E-state index contributed by atoms with van der Waals surface area (Å²) in [5, 5.41) is 21.8. The fourth-order valence-electron chi connectivity index (χ4n) is 5.29. The second-order valence-electron chi connectivity index (χ2n) is 10.7. The van der Waals surface area contributed by atoms with Crippen LogP contribution >= 0.6 is 0 Å². The molecule has 0 spiro atoms. The van der Waals surface area contributed by atoms with Crippen molar-refractivity contribution < 1.29 is 33.9 Å². The summed E-state index contributed by atoms with van der Waals surface area (Å²) in [6.45, 7) is 7.17. The van der Waals surface area contributed by atoms with Crippen LogP contribution in [0.3, 0.4) is 0 Å². The lowest BCUT2D eigenvalue weighted by Crippen LogP contribution is -2.48. The Morgan fingerprint density at radius 3 is 1.64 bits per heavy atom. The minimum absolute atomic E-state index is 0.0779. The molecule has 2 aliphatic rings. The summed E-state index contributed by atoms with van der Waals surface area (Å²) in [5.74, 6) is -6.33. The number of phenols is 1. The Morgan fingerprint density at radius 2 is 1.30 bits per heavy atom. The van der Waals surface area contributed by atoms with Gasteiger partial charge in [-0.05, 0) is 22.5 Å². The first kappa shape index (κ1) is 24.5. The van der Waals surface area contributed by atoms with Crippen molar-refractivity contribution in [3.8, 4) is 11.5 Å². The van der Waals surface area contributed by atoms with Crippen molar-refractivity contribution >= 4 is 28.8 Å². The first-order chi connectivity index (χ1) is 15.2. The lowest BCUT2D eigenvalue weighted by atomic mass is 9.59. The van der Waals surface area contributed by atoms with Gasteiger partial charge in [-0.1, -0.05) is 27.7 Å². The van der Waals surface area contributed by atoms with Gasteiger partial charge in [-0.2, -0.15) is 0 Å². The molecule has 0 aromatic heterocycles. The highest BCUT2D eigenvalue weighted by Gasteiger charge is 2.52. The van der Waals surface area contributed by atoms with E-state index >= 15 is 0 Å². The van der Waals surface area contributed by atoms with Gasteiger partial charge in [-0.3, -0.25) is 29.3 Å². The Balaban J connectivity index is 2.23. The van der Waals surface area contributed by atoms with Gasteiger partial charge in [0.1, 0.15) is 23.1 Å². The third-order valence-electron chi connectivity index (χ3n) is 6.60. The molecule has 9 heteroatoms. The summed E-state index contributed by atoms with van der Waals surface area (Å²) in [5.41, 5.74) is -1.73. The third kappa shape index (κ3) is 4.67. The van der Waals surface area contributed by atoms with Crippen LogP contribution < -0.4 is 4.74 Å². The molecule has 0 atom stereocenters. The van der Waals surface area contributed by atoms with Crippen LogP contribution in [0.5, 0.6) is 11.5 Å². The Hall–Kier alpha value is -3.10. The molecule has 1 aromatic carbocycles. The van der Waals surface area contributed by atoms with Gasteiger partial charge in [-0.15, -0.1) is 0 Å². The van der Waals surface area contributed by atoms with Crippen molar-refractivity contribution in [3.05, 3.63) is 27.8 Å². The molecule has 0 saturated heterocycles. The number of phenolic OH excluding ortho intramolecular Hbond substituents is 1. The number of ketones is 4. The summed E-state index contributed by atoms with van der Waals surface area (Å²) < 4.78 is 5.08. The van der Waals surface area contributed by atoms with Gasteiger partial charge in [0, 0.05) is 37.7 Å². The number of carbonyl (C=O) groups is 4. The molecule has 0 unspecified atom stereocenters. The summed E-state index contributed by atoms with van der Waals surface area (Å²) in [7, 11) is 1.20. The largest absolute Gasteiger partial charge is 0.500 e. The first-order valence-electron chi connectivity index (χ1n) is 10.8. The molecule has 178 valence electrons. The SMILES string of the molecule is COc1cc(C(C2C(=O)CC(C)(C)CC2=O)C2C(=O)CC(C)(C)CC2=O)cc([N+](=O)[O-])c1O. The zero-order valence-electron chi connectivity index (χ0n) is 19.5. The van der Waals surface area contributed by atoms with Crippen molar-refractivity contribution in [2.24, 2.45) is 22.7 Å². The van der Waals surface area contributed by atoms with E-state index in [1.54, 1.807) is 27.7 Å². The predicted molar refractivity (Wildman–Crippen MR) is 117 cm³/mol. The average Bonchev–Trinajstić information content (AvgIpc) is 2.63. The van der Waals surface area contributed by atoms with Gasteiger partial charge in [0.25, 0.3) is 0 Å². The molecule has 3 rings (SSSR count). The molecule has 0 amide bonds. The molecule has 33 heavy (non-hydrogen) atoms. The normalized spacial score (nSPS) is 21.5. The summed E-state index contributed by atoms with van der Waals surface area (Å²) in [4.78, 5) is 63.6. The molecule has 1 aromatic rings. The second-order valence-corrected chi connectivity index (χ2v) is 10.7. The minimum Gasteiger partial charge on any atom is -0.500 e. The molecule has 0 bridgehead atoms. The van der Waals surface area contributed by atoms with E-state index in [9.17, 15) is 34.4 Å². The van der Waals surface area contributed by atoms with Crippen LogP contribution in [0.1, 0.15) is 64.9 Å². The number of carbonyl (C=O) groups excluding carboxylic acids is 4. The molecular weight excluding hydrogens is 430 g/mol. The van der Waals surface area contributed by atoms with Crippen LogP contribution in [0.25, 0.3) is 0 Å². The molecule has 1 N–H and O–H groups in total. The number of Topliss-reactive ketones (excluding diaryl/α,β-unsaturated/α-hetero) is 4. The van der Waals surface area contributed by atoms with Gasteiger partial charge in [0.15, 0.2) is 5.75 Å². The van der Waals surface area contributed by atoms with Gasteiger partial charge in [0.2, 0.25) is 5.75 Å². The van der Waals surface area contributed by atoms with Gasteiger partial charge in [-0.25, -0.2) is 0 Å². The fourth-order valence-corrected chi connectivity index (χ4v) is 5.29. The van der Waals surface area contributed by atoms with E-state index in [0.29, 0.717) is 0 Å². The van der Waals surface area contributed by atoms with Crippen LogP contribution in [0.15, 0.2) is 12.1 Å². The molecule has 2 saturated carbocycles. The summed E-state index contributed by atoms with van der Waals surface area (Å²) in [6, 6.07) is 2.30. The van der Waals surface area contributed by atoms with Crippen molar-refractivity contribution in [1.82, 2.24) is 0 Å². The number of nitro benzene ring substituents is 1. The van der Waals surface area contributed by atoms with E-state index in [-0.39, 0.29) is 37.0 Å². The maximum atomic E-state index is 13.2. The van der Waals surface area contributed by atoms with Crippen LogP contribution in [0, 0.1) is 32.8 Å². The van der Waals surface area contributed by atoms with Gasteiger partial charge in [0.05, 0.1) is 23.9 Å². The Morgan fingerprint density at radius 1 is 0.909 bits per heavy atom. The Bertz CT molecular complexity index is 967. The summed E-state index contributed by atoms with van der Waals surface area (Å²) >= 11 is 0. The Labute approximate surface area is 191 Å². The monoisotopic (exact) mass is 459 g/mol.